The highest BCUT2D eigenvalue weighted by Gasteiger charge is 2.33. The summed E-state index contributed by atoms with van der Waals surface area (Å²) in [6.45, 7) is 4.29. The molecule has 70 heavy (non-hydrogen) atoms. The number of methoxy groups -OCH3 is 2. The predicted octanol–water partition coefficient (Wildman–Crippen LogP) is 2.07. The van der Waals surface area contributed by atoms with Crippen LogP contribution in [0.25, 0.3) is 0 Å². The van der Waals surface area contributed by atoms with Crippen LogP contribution in [0.5, 0.6) is 0 Å². The Kier molecular flexibility index (Phi) is 17.6. The van der Waals surface area contributed by atoms with E-state index >= 15 is 0 Å². The highest BCUT2D eigenvalue weighted by Crippen LogP contribution is 2.23. The van der Waals surface area contributed by atoms with Crippen molar-refractivity contribution in [1.29, 1.82) is 0 Å². The van der Waals surface area contributed by atoms with E-state index in [1.165, 1.54) is 44.0 Å². The average molecular weight is 971 g/mol. The van der Waals surface area contributed by atoms with Crippen molar-refractivity contribution in [3.63, 3.8) is 0 Å². The molecule has 0 fully saturated rings. The van der Waals surface area contributed by atoms with E-state index in [0.717, 1.165) is 11.4 Å². The fraction of sp³-hybridized carbons (Fsp3) is 0.435. The highest BCUT2D eigenvalue weighted by atomic mass is 19.1. The van der Waals surface area contributed by atoms with Crippen molar-refractivity contribution in [3.05, 3.63) is 119 Å². The van der Waals surface area contributed by atoms with E-state index < -0.39 is 23.9 Å². The number of nitrogens with zero attached hydrogens (tertiary/aromatic N) is 12. The molecule has 0 unspecified atom stereocenters. The Morgan fingerprint density at radius 2 is 1.03 bits per heavy atom. The van der Waals surface area contributed by atoms with Crippen molar-refractivity contribution >= 4 is 35.3 Å². The molecule has 6 aromatic rings. The highest BCUT2D eigenvalue weighted by molar-refractivity contribution is 6.01. The Morgan fingerprint density at radius 3 is 1.43 bits per heavy atom. The third-order valence-electron chi connectivity index (χ3n) is 11.4. The van der Waals surface area contributed by atoms with Gasteiger partial charge in [0, 0.05) is 77.5 Å². The normalized spacial score (nSPS) is 15.7. The molecule has 22 nitrogen and oxygen atoms in total. The van der Waals surface area contributed by atoms with Crippen LogP contribution in [0.3, 0.4) is 0 Å². The summed E-state index contributed by atoms with van der Waals surface area (Å²) in [5.41, 5.74) is 2.51. The van der Waals surface area contributed by atoms with Crippen molar-refractivity contribution < 1.29 is 46.9 Å². The zero-order valence-corrected chi connectivity index (χ0v) is 39.4. The number of carbonyl (C=O) groups is 4. The predicted molar refractivity (Wildman–Crippen MR) is 247 cm³/mol. The first kappa shape index (κ1) is 50.6. The molecule has 0 bridgehead atoms. The second-order valence-electron chi connectivity index (χ2n) is 16.3. The lowest BCUT2D eigenvalue weighted by molar-refractivity contribution is -0.120. The van der Waals surface area contributed by atoms with Gasteiger partial charge in [-0.3, -0.25) is 29.0 Å². The number of carbonyl (C=O) groups excluding carboxylic acids is 4. The first-order chi connectivity index (χ1) is 33.9. The van der Waals surface area contributed by atoms with E-state index in [9.17, 15) is 28.0 Å². The topological polar surface area (TPSA) is 233 Å². The zero-order chi connectivity index (χ0) is 49.6. The molecule has 2 aromatic carbocycles. The number of hydrogen-bond acceptors (Lipinski definition) is 14. The molecule has 0 aliphatic carbocycles. The van der Waals surface area contributed by atoms with Gasteiger partial charge >= 0.3 is 0 Å². The van der Waals surface area contributed by atoms with Gasteiger partial charge in [0.15, 0.2) is 0 Å². The summed E-state index contributed by atoms with van der Waals surface area (Å²) in [7, 11) is 6.55. The number of rotatable bonds is 20. The SMILES string of the molecule is COCCOCCc1cc2n(n1)CC[C@@H](NC(=O)c1ncn(Cc3ccccc3F)n1)C(=O)N2C.COCCOCCc1cc2n(n1)CC[C@H](NC(=O)c1ncn(Cc3ccccc3F)n1)C(=O)N2C. The summed E-state index contributed by atoms with van der Waals surface area (Å²) in [4.78, 5) is 62.6. The molecule has 4 aromatic heterocycles. The van der Waals surface area contributed by atoms with Gasteiger partial charge in [-0.05, 0) is 25.0 Å². The Balaban J connectivity index is 0.000000206. The van der Waals surface area contributed by atoms with Gasteiger partial charge in [-0.1, -0.05) is 36.4 Å². The van der Waals surface area contributed by atoms with E-state index in [0.29, 0.717) is 101 Å². The Labute approximate surface area is 401 Å². The molecular formula is C46H56F2N14O8. The van der Waals surface area contributed by atoms with Crippen LogP contribution in [-0.4, -0.2) is 153 Å². The number of aromatic nitrogens is 10. The van der Waals surface area contributed by atoms with Gasteiger partial charge < -0.3 is 29.6 Å². The molecule has 0 radical (unpaired) electrons. The number of ether oxygens (including phenoxy) is 4. The van der Waals surface area contributed by atoms with E-state index in [1.54, 1.807) is 74.1 Å². The number of aryl methyl sites for hydroxylation is 2. The second-order valence-corrected chi connectivity index (χ2v) is 16.3. The minimum Gasteiger partial charge on any atom is -0.382 e. The first-order valence-electron chi connectivity index (χ1n) is 22.6. The van der Waals surface area contributed by atoms with Crippen molar-refractivity contribution in [2.75, 3.05) is 77.8 Å². The van der Waals surface area contributed by atoms with Crippen LogP contribution in [-0.2, 0) is 67.6 Å². The smallest absolute Gasteiger partial charge is 0.291 e. The van der Waals surface area contributed by atoms with Crippen LogP contribution in [0.15, 0.2) is 73.3 Å². The largest absolute Gasteiger partial charge is 0.382 e. The van der Waals surface area contributed by atoms with Gasteiger partial charge in [0.25, 0.3) is 23.6 Å². The lowest BCUT2D eigenvalue weighted by atomic mass is 10.2. The van der Waals surface area contributed by atoms with E-state index in [1.807, 2.05) is 12.1 Å². The van der Waals surface area contributed by atoms with Crippen LogP contribution in [0.1, 0.15) is 56.6 Å². The molecule has 2 N–H and O–H groups in total. The number of fused-ring (bicyclic) bond motifs is 2. The third-order valence-corrected chi connectivity index (χ3v) is 11.4. The van der Waals surface area contributed by atoms with Crippen molar-refractivity contribution in [2.24, 2.45) is 0 Å². The van der Waals surface area contributed by atoms with Gasteiger partial charge in [0.1, 0.15) is 48.0 Å². The summed E-state index contributed by atoms with van der Waals surface area (Å²) in [6.07, 6.45) is 4.68. The molecule has 2 aliphatic heterocycles. The Morgan fingerprint density at radius 1 is 0.614 bits per heavy atom. The van der Waals surface area contributed by atoms with Crippen LogP contribution < -0.4 is 20.4 Å². The summed E-state index contributed by atoms with van der Waals surface area (Å²) in [6, 6.07) is 14.8. The minimum atomic E-state index is -0.756. The zero-order valence-electron chi connectivity index (χ0n) is 39.4. The molecule has 0 saturated carbocycles. The maximum Gasteiger partial charge on any atom is 0.291 e. The molecule has 4 amide bonds. The van der Waals surface area contributed by atoms with Crippen LogP contribution in [0.2, 0.25) is 0 Å². The third kappa shape index (κ3) is 13.1. The molecule has 0 spiro atoms. The number of hydrogen-bond donors (Lipinski definition) is 2. The van der Waals surface area contributed by atoms with E-state index in [-0.39, 0.29) is 48.2 Å². The van der Waals surface area contributed by atoms with Crippen LogP contribution >= 0.6 is 0 Å². The van der Waals surface area contributed by atoms with Gasteiger partial charge in [-0.15, -0.1) is 10.2 Å². The number of amides is 4. The maximum absolute atomic E-state index is 13.9. The van der Waals surface area contributed by atoms with Crippen LogP contribution in [0, 0.1) is 11.6 Å². The molecule has 2 atom stereocenters. The summed E-state index contributed by atoms with van der Waals surface area (Å²) >= 11 is 0. The van der Waals surface area contributed by atoms with Gasteiger partial charge in [-0.2, -0.15) is 10.2 Å². The molecule has 0 saturated heterocycles. The summed E-state index contributed by atoms with van der Waals surface area (Å²) < 4.78 is 54.9. The lowest BCUT2D eigenvalue weighted by Gasteiger charge is -2.19. The summed E-state index contributed by atoms with van der Waals surface area (Å²) in [5.74, 6) is -1.24. The molecular weight excluding hydrogens is 915 g/mol. The van der Waals surface area contributed by atoms with Gasteiger partial charge in [-0.25, -0.2) is 37.5 Å². The maximum atomic E-state index is 13.9. The molecule has 372 valence electrons. The van der Waals surface area contributed by atoms with Crippen molar-refractivity contribution in [2.45, 2.75) is 63.9 Å². The standard InChI is InChI=1S/2C23H28FN7O4/c2*1-29-20-13-17(8-10-35-12-11-34-2)27-31(20)9-7-19(23(29)33)26-22(32)21-25-15-30(28-21)14-16-5-3-4-6-18(16)24/h2*3-6,13,15,19H,7-12,14H2,1-2H3,(H,26,32)/t2*19-/m10/s1. The minimum absolute atomic E-state index is 0.0884. The van der Waals surface area contributed by atoms with Crippen molar-refractivity contribution in [1.82, 2.24) is 59.7 Å². The first-order valence-corrected chi connectivity index (χ1v) is 22.6. The lowest BCUT2D eigenvalue weighted by Crippen LogP contribution is -2.47. The molecule has 8 rings (SSSR count). The van der Waals surface area contributed by atoms with E-state index in [2.05, 4.69) is 41.0 Å². The average Bonchev–Trinajstić information content (AvgIpc) is 4.18. The number of anilines is 2. The monoisotopic (exact) mass is 970 g/mol. The molecule has 6 heterocycles. The van der Waals surface area contributed by atoms with Crippen molar-refractivity contribution in [3.8, 4) is 0 Å². The number of halogens is 2. The number of nitrogens with one attached hydrogen (secondary N) is 2. The second kappa shape index (κ2) is 24.3. The fourth-order valence-electron chi connectivity index (χ4n) is 7.58. The molecule has 2 aliphatic rings. The van der Waals surface area contributed by atoms with Gasteiger partial charge in [0.05, 0.1) is 64.1 Å². The molecule has 24 heteroatoms. The number of benzene rings is 2. The quantitative estimate of drug-likeness (QED) is 0.104. The van der Waals surface area contributed by atoms with E-state index in [4.69, 9.17) is 18.9 Å². The van der Waals surface area contributed by atoms with Crippen LogP contribution in [0.4, 0.5) is 20.4 Å². The summed E-state index contributed by atoms with van der Waals surface area (Å²) in [5, 5.41) is 22.9. The number of likely N-dealkylation sites (N-methyl/N-ethyl adjacent to an activating group) is 2. The van der Waals surface area contributed by atoms with Gasteiger partial charge in [0.2, 0.25) is 11.6 Å². The Hall–Kier alpha value is -7.28. The fourth-order valence-corrected chi connectivity index (χ4v) is 7.58. The Bertz CT molecular complexity index is 2540.